The van der Waals surface area contributed by atoms with Gasteiger partial charge in [-0.2, -0.15) is 18.3 Å². The van der Waals surface area contributed by atoms with Crippen molar-refractivity contribution in [1.29, 1.82) is 0 Å². The molecule has 2 fully saturated rings. The number of aryl methyl sites for hydroxylation is 1. The van der Waals surface area contributed by atoms with Crippen molar-refractivity contribution in [3.8, 4) is 0 Å². The van der Waals surface area contributed by atoms with Gasteiger partial charge in [0, 0.05) is 6.54 Å². The molecule has 13 heteroatoms. The summed E-state index contributed by atoms with van der Waals surface area (Å²) in [4.78, 5) is 38.6. The fourth-order valence-corrected chi connectivity index (χ4v) is 4.87. The highest BCUT2D eigenvalue weighted by Crippen LogP contribution is 2.51. The van der Waals surface area contributed by atoms with Crippen molar-refractivity contribution in [2.75, 3.05) is 11.9 Å². The average Bonchev–Trinajstić information content (AvgIpc) is 3.81. The standard InChI is InChI=1S/C26H30F5N5O3/c1-3-36-22(18(28)11-33-36)25(39)35-21(20(14-4-5-14)15-6-7-15)24(38)34-19-9-8-16(10-17(19)27)13(2)23(37)32-12-26(29,30)31/h8-11,13-15,20-21H,3-7,12H2,1-2H3,(H,32,37)(H,34,38)(H,35,39)/t13-,21-/m0/s1. The number of alkyl halides is 3. The van der Waals surface area contributed by atoms with Crippen LogP contribution in [0.5, 0.6) is 0 Å². The SMILES string of the molecule is CCn1ncc(F)c1C(=O)N[C@H](C(=O)Nc1ccc([C@H](C)C(=O)NCC(F)(F)F)cc1F)C(C1CC1)C1CC1. The van der Waals surface area contributed by atoms with Gasteiger partial charge in [0.25, 0.3) is 5.91 Å². The Kier molecular flexibility index (Phi) is 8.26. The van der Waals surface area contributed by atoms with Crippen molar-refractivity contribution in [2.24, 2.45) is 17.8 Å². The van der Waals surface area contributed by atoms with Crippen LogP contribution in [0.15, 0.2) is 24.4 Å². The second kappa shape index (κ2) is 11.3. The number of benzene rings is 1. The van der Waals surface area contributed by atoms with E-state index in [9.17, 15) is 36.3 Å². The molecule has 212 valence electrons. The molecule has 2 atom stereocenters. The number of rotatable bonds is 11. The van der Waals surface area contributed by atoms with Crippen LogP contribution in [0.3, 0.4) is 0 Å². The maximum absolute atomic E-state index is 15.0. The third kappa shape index (κ3) is 6.93. The maximum atomic E-state index is 15.0. The lowest BCUT2D eigenvalue weighted by Crippen LogP contribution is -2.50. The highest BCUT2D eigenvalue weighted by atomic mass is 19.4. The Balaban J connectivity index is 1.51. The van der Waals surface area contributed by atoms with Gasteiger partial charge in [-0.05, 0) is 75.0 Å². The number of halogens is 5. The molecule has 2 aliphatic rings. The molecule has 1 aromatic heterocycles. The van der Waals surface area contributed by atoms with Crippen LogP contribution in [0.2, 0.25) is 0 Å². The van der Waals surface area contributed by atoms with Crippen molar-refractivity contribution in [3.63, 3.8) is 0 Å². The van der Waals surface area contributed by atoms with Gasteiger partial charge in [-0.15, -0.1) is 0 Å². The normalized spacial score (nSPS) is 17.0. The monoisotopic (exact) mass is 555 g/mol. The van der Waals surface area contributed by atoms with Gasteiger partial charge in [-0.3, -0.25) is 19.1 Å². The molecule has 8 nitrogen and oxygen atoms in total. The lowest BCUT2D eigenvalue weighted by molar-refractivity contribution is -0.139. The quantitative estimate of drug-likeness (QED) is 0.363. The molecule has 2 aliphatic carbocycles. The molecule has 2 aromatic rings. The number of amides is 3. The molecule has 3 N–H and O–H groups in total. The summed E-state index contributed by atoms with van der Waals surface area (Å²) in [5, 5.41) is 10.8. The van der Waals surface area contributed by atoms with Crippen LogP contribution in [0.1, 0.15) is 61.5 Å². The first-order valence-electron chi connectivity index (χ1n) is 12.9. The van der Waals surface area contributed by atoms with Gasteiger partial charge in [-0.1, -0.05) is 6.07 Å². The topological polar surface area (TPSA) is 105 Å². The number of nitrogens with one attached hydrogen (secondary N) is 3. The second-order valence-corrected chi connectivity index (χ2v) is 10.1. The van der Waals surface area contributed by atoms with E-state index in [0.717, 1.165) is 37.9 Å². The van der Waals surface area contributed by atoms with Crippen LogP contribution in [0, 0.1) is 29.4 Å². The van der Waals surface area contributed by atoms with Gasteiger partial charge in [0.1, 0.15) is 18.4 Å². The first-order valence-corrected chi connectivity index (χ1v) is 12.9. The predicted octanol–water partition coefficient (Wildman–Crippen LogP) is 4.14. The minimum Gasteiger partial charge on any atom is -0.346 e. The Labute approximate surface area is 221 Å². The van der Waals surface area contributed by atoms with Crippen LogP contribution in [0.25, 0.3) is 0 Å². The minimum atomic E-state index is -4.58. The summed E-state index contributed by atoms with van der Waals surface area (Å²) in [6, 6.07) is 2.46. The van der Waals surface area contributed by atoms with Gasteiger partial charge in [0.2, 0.25) is 11.8 Å². The van der Waals surface area contributed by atoms with Crippen molar-refractivity contribution in [1.82, 2.24) is 20.4 Å². The zero-order valence-corrected chi connectivity index (χ0v) is 21.4. The smallest absolute Gasteiger partial charge is 0.346 e. The van der Waals surface area contributed by atoms with Gasteiger partial charge >= 0.3 is 6.18 Å². The van der Waals surface area contributed by atoms with Crippen molar-refractivity contribution in [3.05, 3.63) is 47.3 Å². The molecule has 0 saturated heterocycles. The van der Waals surface area contributed by atoms with E-state index in [-0.39, 0.29) is 41.2 Å². The highest BCUT2D eigenvalue weighted by Gasteiger charge is 2.48. The van der Waals surface area contributed by atoms with Crippen LogP contribution in [-0.2, 0) is 16.1 Å². The number of hydrogen-bond acceptors (Lipinski definition) is 4. The van der Waals surface area contributed by atoms with E-state index in [1.165, 1.54) is 23.7 Å². The molecule has 39 heavy (non-hydrogen) atoms. The van der Waals surface area contributed by atoms with Gasteiger partial charge in [-0.25, -0.2) is 8.78 Å². The van der Waals surface area contributed by atoms with E-state index in [1.807, 2.05) is 0 Å². The molecular formula is C26H30F5N5O3. The van der Waals surface area contributed by atoms with Crippen LogP contribution >= 0.6 is 0 Å². The molecule has 0 aliphatic heterocycles. The largest absolute Gasteiger partial charge is 0.405 e. The van der Waals surface area contributed by atoms with Gasteiger partial charge < -0.3 is 16.0 Å². The number of anilines is 1. The molecule has 3 amide bonds. The second-order valence-electron chi connectivity index (χ2n) is 10.1. The Morgan fingerprint density at radius 1 is 1.05 bits per heavy atom. The predicted molar refractivity (Wildman–Crippen MR) is 131 cm³/mol. The zero-order valence-electron chi connectivity index (χ0n) is 21.4. The molecule has 0 radical (unpaired) electrons. The van der Waals surface area contributed by atoms with Crippen LogP contribution in [-0.4, -0.2) is 46.3 Å². The summed E-state index contributed by atoms with van der Waals surface area (Å²) in [5.41, 5.74) is -0.401. The number of carbonyl (C=O) groups is 3. The summed E-state index contributed by atoms with van der Waals surface area (Å²) in [6.07, 6.45) is -0.104. The van der Waals surface area contributed by atoms with E-state index < -0.39 is 54.0 Å². The number of nitrogens with zero attached hydrogens (tertiary/aromatic N) is 2. The fourth-order valence-electron chi connectivity index (χ4n) is 4.87. The summed E-state index contributed by atoms with van der Waals surface area (Å²) in [6.45, 7) is 1.76. The summed E-state index contributed by atoms with van der Waals surface area (Å²) < 4.78 is 67.7. The first kappa shape index (κ1) is 28.5. The molecule has 0 spiro atoms. The fraction of sp³-hybridized carbons (Fsp3) is 0.538. The molecule has 4 rings (SSSR count). The van der Waals surface area contributed by atoms with Gasteiger partial charge in [0.05, 0.1) is 17.8 Å². The zero-order chi connectivity index (χ0) is 28.5. The molecule has 2 saturated carbocycles. The number of hydrogen-bond donors (Lipinski definition) is 3. The summed E-state index contributed by atoms with van der Waals surface area (Å²) in [7, 11) is 0. The van der Waals surface area contributed by atoms with Crippen molar-refractivity contribution in [2.45, 2.75) is 64.2 Å². The number of aromatic nitrogens is 2. The van der Waals surface area contributed by atoms with Crippen LogP contribution in [0.4, 0.5) is 27.6 Å². The van der Waals surface area contributed by atoms with Crippen LogP contribution < -0.4 is 16.0 Å². The third-order valence-corrected chi connectivity index (χ3v) is 7.20. The number of carbonyl (C=O) groups excluding carboxylic acids is 3. The van der Waals surface area contributed by atoms with Crippen molar-refractivity contribution < 1.29 is 36.3 Å². The minimum absolute atomic E-state index is 0.118. The average molecular weight is 556 g/mol. The highest BCUT2D eigenvalue weighted by molar-refractivity contribution is 6.01. The Bertz CT molecular complexity index is 1230. The first-order chi connectivity index (χ1) is 18.4. The molecule has 1 heterocycles. The van der Waals surface area contributed by atoms with Crippen molar-refractivity contribution >= 4 is 23.4 Å². The molecule has 0 bridgehead atoms. The Morgan fingerprint density at radius 3 is 2.23 bits per heavy atom. The van der Waals surface area contributed by atoms with E-state index in [4.69, 9.17) is 0 Å². The lowest BCUT2D eigenvalue weighted by atomic mass is 9.88. The summed E-state index contributed by atoms with van der Waals surface area (Å²) >= 11 is 0. The molecule has 1 aromatic carbocycles. The third-order valence-electron chi connectivity index (χ3n) is 7.20. The van der Waals surface area contributed by atoms with E-state index in [2.05, 4.69) is 15.7 Å². The Morgan fingerprint density at radius 2 is 1.69 bits per heavy atom. The van der Waals surface area contributed by atoms with E-state index in [1.54, 1.807) is 12.2 Å². The van der Waals surface area contributed by atoms with Gasteiger partial charge in [0.15, 0.2) is 11.5 Å². The van der Waals surface area contributed by atoms with E-state index in [0.29, 0.717) is 0 Å². The van der Waals surface area contributed by atoms with E-state index >= 15 is 0 Å². The molecule has 0 unspecified atom stereocenters. The summed E-state index contributed by atoms with van der Waals surface area (Å²) in [5.74, 6) is -4.98. The lowest BCUT2D eigenvalue weighted by Gasteiger charge is -2.27. The molecular weight excluding hydrogens is 525 g/mol. The Hall–Kier alpha value is -3.51. The maximum Gasteiger partial charge on any atom is 0.405 e.